The summed E-state index contributed by atoms with van der Waals surface area (Å²) in [5.41, 5.74) is 1.50. The van der Waals surface area contributed by atoms with Crippen LogP contribution in [0.15, 0.2) is 60.8 Å². The molecule has 2 aromatic heterocycles. The van der Waals surface area contributed by atoms with Gasteiger partial charge in [0.1, 0.15) is 11.6 Å². The molecule has 1 aliphatic rings. The predicted octanol–water partition coefficient (Wildman–Crippen LogP) is 3.53. The molecular formula is C21H20FN5O. The van der Waals surface area contributed by atoms with Gasteiger partial charge in [0, 0.05) is 24.8 Å². The van der Waals surface area contributed by atoms with E-state index in [4.69, 9.17) is 0 Å². The van der Waals surface area contributed by atoms with E-state index in [0.29, 0.717) is 18.1 Å². The van der Waals surface area contributed by atoms with E-state index >= 15 is 0 Å². The summed E-state index contributed by atoms with van der Waals surface area (Å²) in [6.45, 7) is 1.42. The van der Waals surface area contributed by atoms with Crippen LogP contribution in [-0.4, -0.2) is 34.2 Å². The molecule has 0 radical (unpaired) electrons. The number of piperidine rings is 1. The highest BCUT2D eigenvalue weighted by atomic mass is 19.1. The van der Waals surface area contributed by atoms with E-state index in [1.807, 2.05) is 24.3 Å². The van der Waals surface area contributed by atoms with E-state index in [0.717, 1.165) is 30.8 Å². The number of halogens is 1. The zero-order valence-electron chi connectivity index (χ0n) is 15.3. The first-order valence-corrected chi connectivity index (χ1v) is 9.25. The molecule has 0 saturated carbocycles. The Hall–Kier alpha value is -3.35. The highest BCUT2D eigenvalue weighted by molar-refractivity contribution is 5.92. The standard InChI is InChI=1S/C21H20FN5O/c22-17-8-6-15(7-9-17)18-10-11-20(26-25-18)27-13-3-4-16(14-27)21(28)24-19-5-1-2-12-23-19/h1-2,5-12,16H,3-4,13-14H2,(H,23,24,28)/t16-/m1/s1. The second-order valence-corrected chi connectivity index (χ2v) is 6.77. The summed E-state index contributed by atoms with van der Waals surface area (Å²) in [5.74, 6) is 0.861. The number of benzene rings is 1. The molecule has 1 saturated heterocycles. The molecule has 3 heterocycles. The molecule has 0 bridgehead atoms. The molecule has 1 N–H and O–H groups in total. The highest BCUT2D eigenvalue weighted by Crippen LogP contribution is 2.24. The maximum atomic E-state index is 13.1. The van der Waals surface area contributed by atoms with Gasteiger partial charge in [-0.15, -0.1) is 10.2 Å². The average Bonchev–Trinajstić information content (AvgIpc) is 2.75. The van der Waals surface area contributed by atoms with Crippen molar-refractivity contribution in [3.05, 3.63) is 66.6 Å². The molecule has 1 aliphatic heterocycles. The summed E-state index contributed by atoms with van der Waals surface area (Å²) in [4.78, 5) is 18.8. The number of pyridine rings is 1. The Kier molecular flexibility index (Phi) is 5.23. The molecule has 0 spiro atoms. The summed E-state index contributed by atoms with van der Waals surface area (Å²) < 4.78 is 13.1. The van der Waals surface area contributed by atoms with Crippen molar-refractivity contribution in [3.8, 4) is 11.3 Å². The first-order chi connectivity index (χ1) is 13.7. The number of carbonyl (C=O) groups excluding carboxylic acids is 1. The normalized spacial score (nSPS) is 16.6. The fourth-order valence-electron chi connectivity index (χ4n) is 3.33. The summed E-state index contributed by atoms with van der Waals surface area (Å²) in [5, 5.41) is 11.5. The van der Waals surface area contributed by atoms with Crippen LogP contribution in [0.25, 0.3) is 11.3 Å². The molecule has 0 unspecified atom stereocenters. The summed E-state index contributed by atoms with van der Waals surface area (Å²) in [6.07, 6.45) is 3.39. The van der Waals surface area contributed by atoms with Gasteiger partial charge in [0.15, 0.2) is 5.82 Å². The molecule has 1 atom stereocenters. The van der Waals surface area contributed by atoms with Gasteiger partial charge < -0.3 is 10.2 Å². The van der Waals surface area contributed by atoms with E-state index in [1.54, 1.807) is 24.4 Å². The second-order valence-electron chi connectivity index (χ2n) is 6.77. The van der Waals surface area contributed by atoms with Crippen molar-refractivity contribution in [1.29, 1.82) is 0 Å². The topological polar surface area (TPSA) is 71.0 Å². The Bertz CT molecular complexity index is 931. The largest absolute Gasteiger partial charge is 0.354 e. The van der Waals surface area contributed by atoms with Crippen molar-refractivity contribution in [3.63, 3.8) is 0 Å². The number of hydrogen-bond acceptors (Lipinski definition) is 5. The van der Waals surface area contributed by atoms with Crippen molar-refractivity contribution >= 4 is 17.5 Å². The third-order valence-electron chi connectivity index (χ3n) is 4.82. The summed E-state index contributed by atoms with van der Waals surface area (Å²) in [6, 6.07) is 15.4. The lowest BCUT2D eigenvalue weighted by molar-refractivity contribution is -0.120. The third-order valence-corrected chi connectivity index (χ3v) is 4.82. The van der Waals surface area contributed by atoms with Gasteiger partial charge in [-0.2, -0.15) is 0 Å². The van der Waals surface area contributed by atoms with Crippen molar-refractivity contribution in [2.75, 3.05) is 23.3 Å². The molecule has 3 aromatic rings. The quantitative estimate of drug-likeness (QED) is 0.753. The molecule has 1 fully saturated rings. The highest BCUT2D eigenvalue weighted by Gasteiger charge is 2.27. The Morgan fingerprint density at radius 2 is 1.93 bits per heavy atom. The fourth-order valence-corrected chi connectivity index (χ4v) is 3.33. The molecular weight excluding hydrogens is 357 g/mol. The van der Waals surface area contributed by atoms with Gasteiger partial charge in [-0.25, -0.2) is 9.37 Å². The number of aromatic nitrogens is 3. The van der Waals surface area contributed by atoms with Crippen LogP contribution in [0, 0.1) is 11.7 Å². The lowest BCUT2D eigenvalue weighted by Gasteiger charge is -2.32. The Morgan fingerprint density at radius 3 is 2.64 bits per heavy atom. The van der Waals surface area contributed by atoms with Crippen LogP contribution >= 0.6 is 0 Å². The Balaban J connectivity index is 1.42. The minimum atomic E-state index is -0.281. The molecule has 7 heteroatoms. The Morgan fingerprint density at radius 1 is 1.07 bits per heavy atom. The number of rotatable bonds is 4. The zero-order chi connectivity index (χ0) is 19.3. The molecule has 1 amide bonds. The van der Waals surface area contributed by atoms with Gasteiger partial charge in [0.2, 0.25) is 5.91 Å². The monoisotopic (exact) mass is 377 g/mol. The van der Waals surface area contributed by atoms with Crippen LogP contribution in [0.2, 0.25) is 0 Å². The maximum absolute atomic E-state index is 13.1. The lowest BCUT2D eigenvalue weighted by Crippen LogP contribution is -2.41. The number of nitrogens with zero attached hydrogens (tertiary/aromatic N) is 4. The van der Waals surface area contributed by atoms with E-state index in [-0.39, 0.29) is 17.6 Å². The minimum Gasteiger partial charge on any atom is -0.354 e. The van der Waals surface area contributed by atoms with E-state index < -0.39 is 0 Å². The third kappa shape index (κ3) is 4.14. The Labute approximate surface area is 162 Å². The number of carbonyl (C=O) groups is 1. The van der Waals surface area contributed by atoms with E-state index in [9.17, 15) is 9.18 Å². The van der Waals surface area contributed by atoms with Crippen LogP contribution in [0.4, 0.5) is 16.0 Å². The molecule has 0 aliphatic carbocycles. The SMILES string of the molecule is O=C(Nc1ccccn1)[C@@H]1CCCN(c2ccc(-c3ccc(F)cc3)nn2)C1. The first-order valence-electron chi connectivity index (χ1n) is 9.25. The van der Waals surface area contributed by atoms with Crippen LogP contribution in [0.1, 0.15) is 12.8 Å². The molecule has 28 heavy (non-hydrogen) atoms. The molecule has 6 nitrogen and oxygen atoms in total. The summed E-state index contributed by atoms with van der Waals surface area (Å²) in [7, 11) is 0. The average molecular weight is 377 g/mol. The van der Waals surface area contributed by atoms with Crippen molar-refractivity contribution in [2.24, 2.45) is 5.92 Å². The maximum Gasteiger partial charge on any atom is 0.230 e. The van der Waals surface area contributed by atoms with Gasteiger partial charge in [0.05, 0.1) is 11.6 Å². The predicted molar refractivity (Wildman–Crippen MR) is 105 cm³/mol. The van der Waals surface area contributed by atoms with E-state index in [1.165, 1.54) is 12.1 Å². The molecule has 142 valence electrons. The van der Waals surface area contributed by atoms with Gasteiger partial charge in [-0.1, -0.05) is 6.07 Å². The van der Waals surface area contributed by atoms with E-state index in [2.05, 4.69) is 25.4 Å². The number of anilines is 2. The van der Waals surface area contributed by atoms with Crippen LogP contribution in [-0.2, 0) is 4.79 Å². The number of hydrogen-bond donors (Lipinski definition) is 1. The lowest BCUT2D eigenvalue weighted by atomic mass is 9.97. The first kappa shape index (κ1) is 18.0. The molecule has 1 aromatic carbocycles. The minimum absolute atomic E-state index is 0.0284. The summed E-state index contributed by atoms with van der Waals surface area (Å²) >= 11 is 0. The van der Waals surface area contributed by atoms with Crippen molar-refractivity contribution in [1.82, 2.24) is 15.2 Å². The van der Waals surface area contributed by atoms with Crippen LogP contribution < -0.4 is 10.2 Å². The smallest absolute Gasteiger partial charge is 0.230 e. The van der Waals surface area contributed by atoms with Gasteiger partial charge >= 0.3 is 0 Å². The fraction of sp³-hybridized carbons (Fsp3) is 0.238. The van der Waals surface area contributed by atoms with Crippen molar-refractivity contribution < 1.29 is 9.18 Å². The van der Waals surface area contributed by atoms with Crippen LogP contribution in [0.5, 0.6) is 0 Å². The second kappa shape index (κ2) is 8.12. The van der Waals surface area contributed by atoms with Crippen LogP contribution in [0.3, 0.4) is 0 Å². The van der Waals surface area contributed by atoms with Crippen molar-refractivity contribution in [2.45, 2.75) is 12.8 Å². The zero-order valence-corrected chi connectivity index (χ0v) is 15.3. The molecule has 4 rings (SSSR count). The van der Waals surface area contributed by atoms with Gasteiger partial charge in [-0.3, -0.25) is 4.79 Å². The van der Waals surface area contributed by atoms with Gasteiger partial charge in [-0.05, 0) is 61.4 Å². The number of amides is 1. The van der Waals surface area contributed by atoms with Gasteiger partial charge in [0.25, 0.3) is 0 Å². The number of nitrogens with one attached hydrogen (secondary N) is 1.